The van der Waals surface area contributed by atoms with Gasteiger partial charge in [-0.2, -0.15) is 0 Å². The highest BCUT2D eigenvalue weighted by Gasteiger charge is 2.24. The SMILES string of the molecule is CCNC(=NCC(O)c1ccncc1)N1CCN(CC(=O)N2CCCC2)CC1. The number of guanidine groups is 1. The Morgan fingerprint density at radius 1 is 1.14 bits per heavy atom. The maximum Gasteiger partial charge on any atom is 0.236 e. The first-order valence-electron chi connectivity index (χ1n) is 10.3. The minimum Gasteiger partial charge on any atom is -0.386 e. The number of carbonyl (C=O) groups excluding carboxylic acids is 1. The number of likely N-dealkylation sites (tertiary alicyclic amines) is 1. The molecule has 154 valence electrons. The van der Waals surface area contributed by atoms with Crippen LogP contribution in [0.3, 0.4) is 0 Å². The predicted octanol–water partition coefficient (Wildman–Crippen LogP) is 0.321. The van der Waals surface area contributed by atoms with Gasteiger partial charge >= 0.3 is 0 Å². The van der Waals surface area contributed by atoms with Crippen molar-refractivity contribution in [3.63, 3.8) is 0 Å². The summed E-state index contributed by atoms with van der Waals surface area (Å²) in [6.45, 7) is 8.80. The van der Waals surface area contributed by atoms with Crippen molar-refractivity contribution in [3.05, 3.63) is 30.1 Å². The van der Waals surface area contributed by atoms with E-state index >= 15 is 0 Å². The van der Waals surface area contributed by atoms with Gasteiger partial charge in [-0.05, 0) is 37.5 Å². The Labute approximate surface area is 167 Å². The molecule has 2 aliphatic rings. The number of nitrogens with zero attached hydrogens (tertiary/aromatic N) is 5. The van der Waals surface area contributed by atoms with Crippen molar-refractivity contribution in [2.75, 3.05) is 58.9 Å². The lowest BCUT2D eigenvalue weighted by Gasteiger charge is -2.36. The number of aliphatic hydroxyl groups is 1. The van der Waals surface area contributed by atoms with Gasteiger partial charge in [-0.1, -0.05) is 0 Å². The second kappa shape index (κ2) is 10.4. The van der Waals surface area contributed by atoms with Crippen molar-refractivity contribution < 1.29 is 9.90 Å². The van der Waals surface area contributed by atoms with Gasteiger partial charge in [0.25, 0.3) is 0 Å². The molecular weight excluding hydrogens is 356 g/mol. The van der Waals surface area contributed by atoms with E-state index in [4.69, 9.17) is 0 Å². The van der Waals surface area contributed by atoms with E-state index in [1.165, 1.54) is 0 Å². The maximum atomic E-state index is 12.3. The number of piperazine rings is 1. The number of aromatic nitrogens is 1. The molecule has 0 saturated carbocycles. The molecule has 1 amide bonds. The molecule has 3 heterocycles. The summed E-state index contributed by atoms with van der Waals surface area (Å²) in [4.78, 5) is 27.4. The maximum absolute atomic E-state index is 12.3. The zero-order valence-electron chi connectivity index (χ0n) is 16.8. The Bertz CT molecular complexity index is 639. The van der Waals surface area contributed by atoms with Gasteiger partial charge < -0.3 is 20.2 Å². The van der Waals surface area contributed by atoms with Crippen molar-refractivity contribution in [2.45, 2.75) is 25.9 Å². The lowest BCUT2D eigenvalue weighted by Crippen LogP contribution is -2.54. The minimum atomic E-state index is -0.643. The number of nitrogens with one attached hydrogen (secondary N) is 1. The smallest absolute Gasteiger partial charge is 0.236 e. The van der Waals surface area contributed by atoms with Crippen molar-refractivity contribution in [3.8, 4) is 0 Å². The summed E-state index contributed by atoms with van der Waals surface area (Å²) in [6, 6.07) is 3.62. The Morgan fingerprint density at radius 3 is 2.46 bits per heavy atom. The number of rotatable bonds is 6. The summed E-state index contributed by atoms with van der Waals surface area (Å²) in [5.41, 5.74) is 0.819. The molecule has 3 rings (SSSR count). The summed E-state index contributed by atoms with van der Waals surface area (Å²) in [5, 5.41) is 13.7. The number of pyridine rings is 1. The molecule has 1 aromatic rings. The van der Waals surface area contributed by atoms with Crippen LogP contribution in [0.15, 0.2) is 29.5 Å². The zero-order chi connectivity index (χ0) is 19.8. The van der Waals surface area contributed by atoms with E-state index in [2.05, 4.69) is 25.1 Å². The van der Waals surface area contributed by atoms with Crippen molar-refractivity contribution in [1.29, 1.82) is 0 Å². The van der Waals surface area contributed by atoms with Gasteiger partial charge in [0, 0.05) is 58.2 Å². The fourth-order valence-corrected chi connectivity index (χ4v) is 3.67. The Hall–Kier alpha value is -2.19. The number of aliphatic hydroxyl groups excluding tert-OH is 1. The first-order chi connectivity index (χ1) is 13.7. The monoisotopic (exact) mass is 388 g/mol. The topological polar surface area (TPSA) is 84.3 Å². The molecular formula is C20H32N6O2. The fraction of sp³-hybridized carbons (Fsp3) is 0.650. The van der Waals surface area contributed by atoms with E-state index in [1.54, 1.807) is 12.4 Å². The van der Waals surface area contributed by atoms with Gasteiger partial charge in [0.05, 0.1) is 19.2 Å². The van der Waals surface area contributed by atoms with Gasteiger partial charge in [-0.15, -0.1) is 0 Å². The lowest BCUT2D eigenvalue weighted by molar-refractivity contribution is -0.131. The molecule has 2 aliphatic heterocycles. The summed E-state index contributed by atoms with van der Waals surface area (Å²) in [6.07, 6.45) is 4.98. The molecule has 0 radical (unpaired) electrons. The van der Waals surface area contributed by atoms with Crippen LogP contribution in [0.5, 0.6) is 0 Å². The van der Waals surface area contributed by atoms with Crippen LogP contribution in [0.4, 0.5) is 0 Å². The molecule has 1 unspecified atom stereocenters. The molecule has 8 nitrogen and oxygen atoms in total. The minimum absolute atomic E-state index is 0.256. The summed E-state index contributed by atoms with van der Waals surface area (Å²) in [5.74, 6) is 1.08. The van der Waals surface area contributed by atoms with Crippen LogP contribution in [0.1, 0.15) is 31.4 Å². The highest BCUT2D eigenvalue weighted by atomic mass is 16.3. The van der Waals surface area contributed by atoms with E-state index in [0.717, 1.165) is 70.2 Å². The van der Waals surface area contributed by atoms with Crippen LogP contribution in [0.2, 0.25) is 0 Å². The first kappa shape index (κ1) is 20.5. The van der Waals surface area contributed by atoms with Crippen molar-refractivity contribution in [2.24, 2.45) is 4.99 Å². The Kier molecular flexibility index (Phi) is 7.62. The standard InChI is InChI=1S/C20H32N6O2/c1-2-22-20(23-15-18(27)17-5-7-21-8-6-17)26-13-11-24(12-14-26)16-19(28)25-9-3-4-10-25/h5-8,18,27H,2-4,9-16H2,1H3,(H,22,23). The quantitative estimate of drug-likeness (QED) is 0.539. The van der Waals surface area contributed by atoms with E-state index in [0.29, 0.717) is 13.1 Å². The lowest BCUT2D eigenvalue weighted by atomic mass is 10.1. The number of amides is 1. The third-order valence-corrected chi connectivity index (χ3v) is 5.33. The number of carbonyl (C=O) groups is 1. The molecule has 0 spiro atoms. The van der Waals surface area contributed by atoms with Crippen LogP contribution in [-0.2, 0) is 4.79 Å². The molecule has 2 N–H and O–H groups in total. The van der Waals surface area contributed by atoms with Crippen LogP contribution in [0, 0.1) is 0 Å². The number of hydrogen-bond donors (Lipinski definition) is 2. The van der Waals surface area contributed by atoms with Crippen molar-refractivity contribution in [1.82, 2.24) is 25.0 Å². The van der Waals surface area contributed by atoms with Gasteiger partial charge in [-0.3, -0.25) is 19.7 Å². The molecule has 0 bridgehead atoms. The molecule has 0 aliphatic carbocycles. The number of hydrogen-bond acceptors (Lipinski definition) is 5. The van der Waals surface area contributed by atoms with Crippen LogP contribution in [-0.4, -0.2) is 95.6 Å². The first-order valence-corrected chi connectivity index (χ1v) is 10.3. The fourth-order valence-electron chi connectivity index (χ4n) is 3.67. The van der Waals surface area contributed by atoms with E-state index in [1.807, 2.05) is 24.0 Å². The van der Waals surface area contributed by atoms with E-state index in [-0.39, 0.29) is 5.91 Å². The molecule has 8 heteroatoms. The molecule has 0 aromatic carbocycles. The molecule has 1 aromatic heterocycles. The van der Waals surface area contributed by atoms with Crippen molar-refractivity contribution >= 4 is 11.9 Å². The predicted molar refractivity (Wildman–Crippen MR) is 109 cm³/mol. The Morgan fingerprint density at radius 2 is 1.82 bits per heavy atom. The van der Waals surface area contributed by atoms with Gasteiger partial charge in [0.15, 0.2) is 5.96 Å². The summed E-state index contributed by atoms with van der Waals surface area (Å²) in [7, 11) is 0. The molecule has 28 heavy (non-hydrogen) atoms. The molecule has 2 fully saturated rings. The van der Waals surface area contributed by atoms with E-state index < -0.39 is 6.10 Å². The van der Waals surface area contributed by atoms with Crippen LogP contribution >= 0.6 is 0 Å². The second-order valence-electron chi connectivity index (χ2n) is 7.34. The number of aliphatic imine (C=N–C) groups is 1. The third-order valence-electron chi connectivity index (χ3n) is 5.33. The van der Waals surface area contributed by atoms with Crippen LogP contribution in [0.25, 0.3) is 0 Å². The van der Waals surface area contributed by atoms with Gasteiger partial charge in [-0.25, -0.2) is 0 Å². The Balaban J connectivity index is 1.50. The largest absolute Gasteiger partial charge is 0.386 e. The zero-order valence-corrected chi connectivity index (χ0v) is 16.8. The van der Waals surface area contributed by atoms with E-state index in [9.17, 15) is 9.90 Å². The van der Waals surface area contributed by atoms with Crippen LogP contribution < -0.4 is 5.32 Å². The molecule has 2 saturated heterocycles. The van der Waals surface area contributed by atoms with Gasteiger partial charge in [0.1, 0.15) is 0 Å². The van der Waals surface area contributed by atoms with Gasteiger partial charge in [0.2, 0.25) is 5.91 Å². The highest BCUT2D eigenvalue weighted by molar-refractivity contribution is 5.80. The third kappa shape index (κ3) is 5.65. The second-order valence-corrected chi connectivity index (χ2v) is 7.34. The summed E-state index contributed by atoms with van der Waals surface area (Å²) < 4.78 is 0. The highest BCUT2D eigenvalue weighted by Crippen LogP contribution is 2.12. The molecule has 1 atom stereocenters. The average molecular weight is 389 g/mol. The average Bonchev–Trinajstić information content (AvgIpc) is 3.27. The summed E-state index contributed by atoms with van der Waals surface area (Å²) >= 11 is 0. The normalized spacial score (nSPS) is 19.7.